The van der Waals surface area contributed by atoms with Gasteiger partial charge in [0.15, 0.2) is 5.65 Å². The number of carbonyl (C=O) groups is 1. The fourth-order valence-electron chi connectivity index (χ4n) is 2.84. The van der Waals surface area contributed by atoms with Gasteiger partial charge >= 0.3 is 5.69 Å². The summed E-state index contributed by atoms with van der Waals surface area (Å²) in [5.74, 6) is -0.701. The summed E-state index contributed by atoms with van der Waals surface area (Å²) in [6.07, 6.45) is 1.65. The minimum absolute atomic E-state index is 0.0413. The van der Waals surface area contributed by atoms with Crippen LogP contribution in [0.25, 0.3) is 17.0 Å². The van der Waals surface area contributed by atoms with Crippen molar-refractivity contribution in [2.45, 2.75) is 13.5 Å². The fraction of sp³-hybridized carbons (Fsp3) is 0.105. The largest absolute Gasteiger partial charge is 0.352 e. The lowest BCUT2D eigenvalue weighted by molar-refractivity contribution is -0.117. The molecule has 1 aromatic carbocycles. The second-order valence-corrected chi connectivity index (χ2v) is 6.07. The number of halogens is 1. The normalized spacial score (nSPS) is 10.9. The average Bonchev–Trinajstić information content (AvgIpc) is 3.00. The van der Waals surface area contributed by atoms with Crippen LogP contribution in [0.2, 0.25) is 0 Å². The van der Waals surface area contributed by atoms with Crippen LogP contribution in [-0.2, 0) is 11.3 Å². The van der Waals surface area contributed by atoms with E-state index in [1.807, 2.05) is 6.07 Å². The Balaban J connectivity index is 1.66. The zero-order valence-corrected chi connectivity index (χ0v) is 14.8. The van der Waals surface area contributed by atoms with Crippen LogP contribution in [0, 0.1) is 12.7 Å². The van der Waals surface area contributed by atoms with Crippen molar-refractivity contribution in [2.75, 3.05) is 5.32 Å². The Morgan fingerprint density at radius 1 is 1.14 bits per heavy atom. The Morgan fingerprint density at radius 3 is 2.68 bits per heavy atom. The van der Waals surface area contributed by atoms with Gasteiger partial charge in [-0.3, -0.25) is 9.78 Å². The number of rotatable bonds is 4. The third kappa shape index (κ3) is 3.25. The predicted octanol–water partition coefficient (Wildman–Crippen LogP) is 2.04. The number of nitrogens with one attached hydrogen (secondary N) is 1. The molecule has 0 radical (unpaired) electrons. The van der Waals surface area contributed by atoms with E-state index in [2.05, 4.69) is 20.4 Å². The SMILES string of the molecule is Cc1nc(-c2ccccn2)cc2nn(CC(=O)Nc3ccccc3F)c(=O)n12. The first-order valence-corrected chi connectivity index (χ1v) is 8.46. The second-order valence-electron chi connectivity index (χ2n) is 6.07. The lowest BCUT2D eigenvalue weighted by Crippen LogP contribution is -2.29. The quantitative estimate of drug-likeness (QED) is 0.586. The number of aryl methyl sites for hydroxylation is 1. The highest BCUT2D eigenvalue weighted by atomic mass is 19.1. The summed E-state index contributed by atoms with van der Waals surface area (Å²) in [4.78, 5) is 33.5. The standard InChI is InChI=1S/C19H15FN6O2/c1-12-22-16(15-8-4-5-9-21-15)10-17-24-25(19(28)26(12)17)11-18(27)23-14-7-3-2-6-13(14)20/h2-10H,11H2,1H3,(H,23,27). The molecule has 1 N–H and O–H groups in total. The van der Waals surface area contributed by atoms with E-state index in [1.54, 1.807) is 37.4 Å². The summed E-state index contributed by atoms with van der Waals surface area (Å²) >= 11 is 0. The molecular formula is C19H15FN6O2. The Bertz CT molecular complexity index is 1230. The molecule has 0 saturated heterocycles. The lowest BCUT2D eigenvalue weighted by atomic mass is 10.2. The number of aromatic nitrogens is 5. The molecule has 4 aromatic rings. The summed E-state index contributed by atoms with van der Waals surface area (Å²) in [6.45, 7) is 1.32. The van der Waals surface area contributed by atoms with Crippen LogP contribution >= 0.6 is 0 Å². The average molecular weight is 378 g/mol. The molecule has 0 aliphatic rings. The van der Waals surface area contributed by atoms with E-state index in [0.717, 1.165) is 4.68 Å². The van der Waals surface area contributed by atoms with Gasteiger partial charge in [-0.1, -0.05) is 18.2 Å². The van der Waals surface area contributed by atoms with Crippen LogP contribution in [0.4, 0.5) is 10.1 Å². The molecule has 0 spiro atoms. The number of hydrogen-bond acceptors (Lipinski definition) is 5. The molecule has 1 amide bonds. The minimum Gasteiger partial charge on any atom is -0.322 e. The van der Waals surface area contributed by atoms with Crippen molar-refractivity contribution in [2.24, 2.45) is 0 Å². The van der Waals surface area contributed by atoms with Crippen molar-refractivity contribution in [3.63, 3.8) is 0 Å². The molecule has 8 nitrogen and oxygen atoms in total. The number of para-hydroxylation sites is 1. The molecule has 3 aromatic heterocycles. The number of carbonyl (C=O) groups excluding carboxylic acids is 1. The van der Waals surface area contributed by atoms with Gasteiger partial charge in [0.1, 0.15) is 18.2 Å². The fourth-order valence-corrected chi connectivity index (χ4v) is 2.84. The number of amides is 1. The van der Waals surface area contributed by atoms with Crippen LogP contribution in [0.15, 0.2) is 59.5 Å². The second kappa shape index (κ2) is 7.03. The highest BCUT2D eigenvalue weighted by molar-refractivity contribution is 5.90. The predicted molar refractivity (Wildman–Crippen MR) is 100 cm³/mol. The van der Waals surface area contributed by atoms with E-state index >= 15 is 0 Å². The van der Waals surface area contributed by atoms with Gasteiger partial charge in [0, 0.05) is 12.3 Å². The highest BCUT2D eigenvalue weighted by Gasteiger charge is 2.15. The van der Waals surface area contributed by atoms with Gasteiger partial charge in [-0.15, -0.1) is 5.10 Å². The van der Waals surface area contributed by atoms with Crippen molar-refractivity contribution < 1.29 is 9.18 Å². The first-order chi connectivity index (χ1) is 13.5. The van der Waals surface area contributed by atoms with E-state index < -0.39 is 17.4 Å². The molecule has 4 rings (SSSR count). The van der Waals surface area contributed by atoms with E-state index in [4.69, 9.17) is 0 Å². The van der Waals surface area contributed by atoms with Crippen molar-refractivity contribution in [1.29, 1.82) is 0 Å². The van der Waals surface area contributed by atoms with Gasteiger partial charge in [-0.25, -0.2) is 23.3 Å². The number of pyridine rings is 1. The number of hydrogen-bond donors (Lipinski definition) is 1. The summed E-state index contributed by atoms with van der Waals surface area (Å²) in [6, 6.07) is 12.9. The van der Waals surface area contributed by atoms with E-state index in [-0.39, 0.29) is 12.2 Å². The van der Waals surface area contributed by atoms with Crippen molar-refractivity contribution >= 4 is 17.2 Å². The Labute approximate surface area is 158 Å². The molecular weight excluding hydrogens is 363 g/mol. The summed E-state index contributed by atoms with van der Waals surface area (Å²) < 4.78 is 16.0. The van der Waals surface area contributed by atoms with E-state index in [1.165, 1.54) is 22.6 Å². The van der Waals surface area contributed by atoms with Crippen molar-refractivity contribution in [3.05, 3.63) is 76.9 Å². The smallest absolute Gasteiger partial charge is 0.322 e. The molecule has 0 bridgehead atoms. The van der Waals surface area contributed by atoms with Crippen LogP contribution in [-0.4, -0.2) is 30.1 Å². The molecule has 0 aliphatic carbocycles. The van der Waals surface area contributed by atoms with Gasteiger partial charge < -0.3 is 5.32 Å². The molecule has 0 fully saturated rings. The van der Waals surface area contributed by atoms with Crippen LogP contribution in [0.5, 0.6) is 0 Å². The molecule has 3 heterocycles. The summed E-state index contributed by atoms with van der Waals surface area (Å²) in [5.41, 5.74) is 1.10. The number of anilines is 1. The number of fused-ring (bicyclic) bond motifs is 1. The molecule has 0 atom stereocenters. The molecule has 28 heavy (non-hydrogen) atoms. The minimum atomic E-state index is -0.564. The Kier molecular flexibility index (Phi) is 4.40. The first kappa shape index (κ1) is 17.5. The van der Waals surface area contributed by atoms with Crippen LogP contribution < -0.4 is 11.0 Å². The lowest BCUT2D eigenvalue weighted by Gasteiger charge is -2.05. The third-order valence-electron chi connectivity index (χ3n) is 4.10. The van der Waals surface area contributed by atoms with Gasteiger partial charge in [0.2, 0.25) is 5.91 Å². The van der Waals surface area contributed by atoms with Crippen LogP contribution in [0.1, 0.15) is 5.82 Å². The molecule has 140 valence electrons. The Morgan fingerprint density at radius 2 is 1.93 bits per heavy atom. The molecule has 0 aliphatic heterocycles. The highest BCUT2D eigenvalue weighted by Crippen LogP contribution is 2.16. The topological polar surface area (TPSA) is 94.2 Å². The number of benzene rings is 1. The van der Waals surface area contributed by atoms with Crippen molar-refractivity contribution in [3.8, 4) is 11.4 Å². The summed E-state index contributed by atoms with van der Waals surface area (Å²) in [7, 11) is 0. The molecule has 0 unspecified atom stereocenters. The molecule has 9 heteroatoms. The maximum Gasteiger partial charge on any atom is 0.352 e. The van der Waals surface area contributed by atoms with Gasteiger partial charge in [0.05, 0.1) is 17.1 Å². The maximum absolute atomic E-state index is 13.7. The Hall–Kier alpha value is -3.88. The maximum atomic E-state index is 13.7. The number of nitrogens with zero attached hydrogens (tertiary/aromatic N) is 5. The van der Waals surface area contributed by atoms with E-state index in [9.17, 15) is 14.0 Å². The van der Waals surface area contributed by atoms with Gasteiger partial charge in [0.25, 0.3) is 0 Å². The van der Waals surface area contributed by atoms with E-state index in [0.29, 0.717) is 22.9 Å². The van der Waals surface area contributed by atoms with Crippen molar-refractivity contribution in [1.82, 2.24) is 24.1 Å². The van der Waals surface area contributed by atoms with Crippen LogP contribution in [0.3, 0.4) is 0 Å². The third-order valence-corrected chi connectivity index (χ3v) is 4.10. The monoisotopic (exact) mass is 378 g/mol. The van der Waals surface area contributed by atoms with Gasteiger partial charge in [-0.05, 0) is 31.2 Å². The molecule has 0 saturated carbocycles. The zero-order chi connectivity index (χ0) is 19.7. The summed E-state index contributed by atoms with van der Waals surface area (Å²) in [5, 5.41) is 6.64. The zero-order valence-electron chi connectivity index (χ0n) is 14.8. The first-order valence-electron chi connectivity index (χ1n) is 8.46. The van der Waals surface area contributed by atoms with Gasteiger partial charge in [-0.2, -0.15) is 0 Å².